The molecule has 0 N–H and O–H groups in total. The number of hydrogen-bond acceptors (Lipinski definition) is 2. The van der Waals surface area contributed by atoms with E-state index < -0.39 is 0 Å². The lowest BCUT2D eigenvalue weighted by molar-refractivity contribution is -0.649. The highest BCUT2D eigenvalue weighted by atomic mass is 15.1. The van der Waals surface area contributed by atoms with Gasteiger partial charge in [-0.3, -0.25) is 0 Å². The molecule has 104 heavy (non-hydrogen) atoms. The molecule has 0 aliphatic carbocycles. The highest BCUT2D eigenvalue weighted by molar-refractivity contribution is 5.68. The zero-order chi connectivity index (χ0) is 74.0. The lowest BCUT2D eigenvalue weighted by Crippen LogP contribution is -2.34. The number of imidazole rings is 2. The van der Waals surface area contributed by atoms with E-state index >= 15 is 0 Å². The Balaban J connectivity index is 0.000000130. The van der Waals surface area contributed by atoms with Crippen molar-refractivity contribution < 1.29 is 22.8 Å². The molecule has 10 aromatic heterocycles. The fourth-order valence-electron chi connectivity index (χ4n) is 14.0. The van der Waals surface area contributed by atoms with Gasteiger partial charge in [-0.15, -0.1) is 0 Å². The van der Waals surface area contributed by atoms with Crippen molar-refractivity contribution in [1.29, 1.82) is 0 Å². The first-order valence-electron chi connectivity index (χ1n) is 35.6. The predicted octanol–water partition coefficient (Wildman–Crippen LogP) is 17.5. The first-order chi connectivity index (χ1) is 50.0. The van der Waals surface area contributed by atoms with Crippen LogP contribution in [-0.4, -0.2) is 32.8 Å². The zero-order valence-electron chi connectivity index (χ0n) is 64.3. The topological polar surface area (TPSA) is 69.8 Å². The van der Waals surface area contributed by atoms with Crippen LogP contribution in [-0.2, 0) is 70.5 Å². The van der Waals surface area contributed by atoms with Crippen LogP contribution < -0.4 is 22.8 Å². The van der Waals surface area contributed by atoms with Gasteiger partial charge in [-0.05, 0) is 186 Å². The van der Waals surface area contributed by atoms with E-state index in [0.717, 1.165) is 22.8 Å². The van der Waals surface area contributed by atoms with Crippen molar-refractivity contribution in [3.63, 3.8) is 0 Å². The van der Waals surface area contributed by atoms with Crippen LogP contribution in [0.4, 0.5) is 0 Å². The Kier molecular flexibility index (Phi) is 22.8. The third-order valence-electron chi connectivity index (χ3n) is 20.5. The Morgan fingerprint density at radius 3 is 0.788 bits per heavy atom. The van der Waals surface area contributed by atoms with Gasteiger partial charge < -0.3 is 22.8 Å². The van der Waals surface area contributed by atoms with Gasteiger partial charge in [-0.2, -0.15) is 22.8 Å². The first-order valence-corrected chi connectivity index (χ1v) is 35.6. The zero-order valence-corrected chi connectivity index (χ0v) is 64.3. The summed E-state index contributed by atoms with van der Waals surface area (Å²) in [6, 6.07) is 83.7. The van der Waals surface area contributed by atoms with Gasteiger partial charge in [0, 0.05) is 141 Å². The summed E-state index contributed by atoms with van der Waals surface area (Å²) < 4.78 is 22.0. The number of pyridine rings is 5. The van der Waals surface area contributed by atoms with E-state index in [2.05, 4.69) is 408 Å². The highest BCUT2D eigenvalue weighted by Crippen LogP contribution is 2.30. The maximum absolute atomic E-state index is 4.21. The fraction of sp³-hybridized carbons (Fsp3) is 0.207. The normalized spacial score (nSPS) is 10.8. The molecule has 0 fully saturated rings. The average Bonchev–Trinajstić information content (AvgIpc) is 1.55. The minimum Gasteiger partial charge on any atom is -0.345 e. The molecule has 12 nitrogen and oxygen atoms in total. The van der Waals surface area contributed by atoms with Gasteiger partial charge in [0.05, 0.1) is 25.0 Å². The van der Waals surface area contributed by atoms with Crippen molar-refractivity contribution >= 4 is 0 Å². The van der Waals surface area contributed by atoms with E-state index in [-0.39, 0.29) is 0 Å². The van der Waals surface area contributed by atoms with Gasteiger partial charge in [0.1, 0.15) is 63.7 Å². The molecule has 5 aromatic carbocycles. The Bertz CT molecular complexity index is 5300. The molecule has 15 rings (SSSR count). The number of aromatic nitrogens is 12. The van der Waals surface area contributed by atoms with Gasteiger partial charge in [-0.25, -0.2) is 9.97 Å². The number of benzene rings is 5. The second-order valence-corrected chi connectivity index (χ2v) is 27.4. The summed E-state index contributed by atoms with van der Waals surface area (Å²) in [7, 11) is 21.0. The van der Waals surface area contributed by atoms with Crippen molar-refractivity contribution in [1.82, 2.24) is 32.8 Å². The average molecular weight is 1370 g/mol. The molecule has 0 bridgehead atoms. The van der Waals surface area contributed by atoms with Crippen LogP contribution in [0.3, 0.4) is 0 Å². The van der Waals surface area contributed by atoms with E-state index in [1.54, 1.807) is 0 Å². The van der Waals surface area contributed by atoms with Gasteiger partial charge in [0.25, 0.3) is 0 Å². The smallest absolute Gasteiger partial charge is 0.231 e. The van der Waals surface area contributed by atoms with Crippen LogP contribution in [0, 0.1) is 62.3 Å². The Morgan fingerprint density at radius 2 is 0.538 bits per heavy atom. The van der Waals surface area contributed by atoms with Gasteiger partial charge in [0.15, 0.2) is 0 Å². The van der Waals surface area contributed by atoms with E-state index in [1.165, 1.54) is 141 Å². The largest absolute Gasteiger partial charge is 0.345 e. The lowest BCUT2D eigenvalue weighted by atomic mass is 10.0. The number of rotatable bonds is 10. The van der Waals surface area contributed by atoms with E-state index in [0.29, 0.717) is 0 Å². The molecule has 0 amide bonds. The summed E-state index contributed by atoms with van der Waals surface area (Å²) in [5.74, 6) is 0. The standard InChI is InChI=1S/C20H23N2.2C19H21N2.2C17H18N3/c1-14-9-6-7-10-17(14)18-11-8-12-19(22(18)5)20-13-15(2)16(3)21(20)4;1-14-12-19(20(3)13-14)18-11-7-10-17(21(18)4)16-9-6-5-8-15(16)2;1-14-8-5-6-9-16(14)17-10-7-11-18(21(17)4)19-13-12-15(2)20(19)3;2*1-13-7-4-5-8-14(13)15-9-6-10-16(20(15)3)17-11-18-12-19(17)2/h6-13H,1-5H3;2*5-13H,1-4H3;2*4-12H,1-3H3/q5*+1. The lowest BCUT2D eigenvalue weighted by Gasteiger charge is -2.08. The van der Waals surface area contributed by atoms with E-state index in [9.17, 15) is 0 Å². The van der Waals surface area contributed by atoms with Crippen LogP contribution in [0.15, 0.2) is 268 Å². The molecule has 15 aromatic rings. The quantitative estimate of drug-likeness (QED) is 0.128. The van der Waals surface area contributed by atoms with Crippen LogP contribution in [0.1, 0.15) is 50.3 Å². The van der Waals surface area contributed by atoms with Crippen LogP contribution in [0.5, 0.6) is 0 Å². The maximum Gasteiger partial charge on any atom is 0.231 e. The molecule has 0 radical (unpaired) electrons. The summed E-state index contributed by atoms with van der Waals surface area (Å²) in [6.07, 6.45) is 9.62. The number of aryl methyl sites for hydroxylation is 11. The molecule has 0 saturated heterocycles. The molecule has 524 valence electrons. The van der Waals surface area contributed by atoms with Crippen molar-refractivity contribution in [2.45, 2.75) is 62.3 Å². The van der Waals surface area contributed by atoms with E-state index in [4.69, 9.17) is 0 Å². The molecule has 0 unspecified atom stereocenters. The summed E-state index contributed by atoms with van der Waals surface area (Å²) in [5.41, 5.74) is 36.2. The summed E-state index contributed by atoms with van der Waals surface area (Å²) in [6.45, 7) is 19.4. The molecule has 0 aliphatic heterocycles. The van der Waals surface area contributed by atoms with Gasteiger partial charge in [-0.1, -0.05) is 91.0 Å². The molecule has 0 aliphatic rings. The monoisotopic (exact) mass is 1370 g/mol. The minimum atomic E-state index is 1.11. The summed E-state index contributed by atoms with van der Waals surface area (Å²) >= 11 is 0. The predicted molar refractivity (Wildman–Crippen MR) is 426 cm³/mol. The van der Waals surface area contributed by atoms with Crippen molar-refractivity contribution in [3.05, 3.63) is 318 Å². The molecule has 10 heterocycles. The van der Waals surface area contributed by atoms with E-state index in [1.807, 2.05) is 48.3 Å². The molecule has 0 spiro atoms. The van der Waals surface area contributed by atoms with Crippen molar-refractivity contribution in [3.8, 4) is 113 Å². The van der Waals surface area contributed by atoms with Crippen LogP contribution in [0.25, 0.3) is 113 Å². The fourth-order valence-corrected chi connectivity index (χ4v) is 14.0. The van der Waals surface area contributed by atoms with Gasteiger partial charge >= 0.3 is 0 Å². The second-order valence-electron chi connectivity index (χ2n) is 27.4. The second kappa shape index (κ2) is 32.4. The van der Waals surface area contributed by atoms with Gasteiger partial charge in [0.2, 0.25) is 56.9 Å². The van der Waals surface area contributed by atoms with Crippen molar-refractivity contribution in [2.24, 2.45) is 70.5 Å². The first kappa shape index (κ1) is 73.3. The van der Waals surface area contributed by atoms with Crippen LogP contribution >= 0.6 is 0 Å². The minimum absolute atomic E-state index is 1.11. The third-order valence-corrected chi connectivity index (χ3v) is 20.5. The third kappa shape index (κ3) is 15.6. The van der Waals surface area contributed by atoms with Crippen LogP contribution in [0.2, 0.25) is 0 Å². The molecular weight excluding hydrogens is 1270 g/mol. The molecule has 12 heteroatoms. The number of nitrogens with zero attached hydrogens (tertiary/aromatic N) is 12. The number of hydrogen-bond donors (Lipinski definition) is 0. The van der Waals surface area contributed by atoms with Crippen molar-refractivity contribution in [2.75, 3.05) is 0 Å². The summed E-state index contributed by atoms with van der Waals surface area (Å²) in [4.78, 5) is 8.42. The Morgan fingerprint density at radius 1 is 0.250 bits per heavy atom. The maximum atomic E-state index is 4.21. The summed E-state index contributed by atoms with van der Waals surface area (Å²) in [5, 5.41) is 0. The Hall–Kier alpha value is -11.9. The SMILES string of the molecule is Cc1cc(-c2cccc(-c3ccccc3C)[n+]2C)n(C)c1.Cc1ccccc1-c1cccc(-c2cc(C)c(C)n2C)[n+]1C.Cc1ccccc1-c1cccc(-c2ccc(C)n2C)[n+]1C.Cc1ccccc1-c1cccc(-c2cncn2C)[n+]1C.Cc1ccccc1-c1cccc(-c2cncn2C)[n+]1C. The highest BCUT2D eigenvalue weighted by Gasteiger charge is 2.25. The Labute approximate surface area is 616 Å². The molecule has 0 atom stereocenters. The molecule has 0 saturated carbocycles. The molecular formula is C92H101N12+5.